The molecule has 1 fully saturated rings. The molecule has 1 aliphatic heterocycles. The van der Waals surface area contributed by atoms with Crippen LogP contribution in [0.1, 0.15) is 6.42 Å². The fourth-order valence-electron chi connectivity index (χ4n) is 1.91. The Hall–Kier alpha value is -1.28. The van der Waals surface area contributed by atoms with Gasteiger partial charge in [-0.3, -0.25) is 4.79 Å². The number of amides is 1. The van der Waals surface area contributed by atoms with Gasteiger partial charge >= 0.3 is 6.36 Å². The zero-order valence-corrected chi connectivity index (χ0v) is 11.8. The fraction of sp³-hybridized carbons (Fsp3) is 0.417. The Morgan fingerprint density at radius 3 is 2.75 bits per heavy atom. The lowest BCUT2D eigenvalue weighted by Gasteiger charge is -2.13. The van der Waals surface area contributed by atoms with Gasteiger partial charge in [-0.1, -0.05) is 0 Å². The number of carbonyl (C=O) groups is 1. The summed E-state index contributed by atoms with van der Waals surface area (Å²) in [4.78, 5) is 11.9. The van der Waals surface area contributed by atoms with Crippen molar-refractivity contribution in [1.29, 1.82) is 0 Å². The molecule has 0 aromatic heterocycles. The highest BCUT2D eigenvalue weighted by atomic mass is 79.9. The number of nitrogens with one attached hydrogen (secondary N) is 2. The Balaban J connectivity index is 2.03. The average Bonchev–Trinajstić information content (AvgIpc) is 2.85. The molecule has 20 heavy (non-hydrogen) atoms. The number of anilines is 1. The molecular formula is C12H12BrF3N2O2. The smallest absolute Gasteiger partial charge is 0.405 e. The maximum atomic E-state index is 12.1. The minimum atomic E-state index is -4.75. The lowest BCUT2D eigenvalue weighted by molar-refractivity contribution is -0.274. The van der Waals surface area contributed by atoms with Crippen LogP contribution in [0.4, 0.5) is 18.9 Å². The largest absolute Gasteiger partial charge is 0.573 e. The predicted octanol–water partition coefficient (Wildman–Crippen LogP) is 2.90. The van der Waals surface area contributed by atoms with Gasteiger partial charge in [0.25, 0.3) is 0 Å². The second-order valence-electron chi connectivity index (χ2n) is 4.37. The summed E-state index contributed by atoms with van der Waals surface area (Å²) in [5, 5.41) is 5.74. The van der Waals surface area contributed by atoms with Crippen LogP contribution in [-0.2, 0) is 4.79 Å². The van der Waals surface area contributed by atoms with Crippen molar-refractivity contribution in [2.45, 2.75) is 12.8 Å². The van der Waals surface area contributed by atoms with Crippen LogP contribution in [0.15, 0.2) is 22.7 Å². The maximum Gasteiger partial charge on any atom is 0.573 e. The third kappa shape index (κ3) is 4.11. The summed E-state index contributed by atoms with van der Waals surface area (Å²) >= 11 is 2.98. The van der Waals surface area contributed by atoms with E-state index in [1.54, 1.807) is 0 Å². The van der Waals surface area contributed by atoms with Gasteiger partial charge in [-0.05, 0) is 47.1 Å². The summed E-state index contributed by atoms with van der Waals surface area (Å²) in [7, 11) is 0. The lowest BCUT2D eigenvalue weighted by atomic mass is 10.1. The minimum absolute atomic E-state index is 0.111. The first-order chi connectivity index (χ1) is 9.35. The third-order valence-corrected chi connectivity index (χ3v) is 3.48. The van der Waals surface area contributed by atoms with Gasteiger partial charge in [0.2, 0.25) is 5.91 Å². The molecule has 0 radical (unpaired) electrons. The first kappa shape index (κ1) is 15.1. The van der Waals surface area contributed by atoms with Crippen molar-refractivity contribution in [2.75, 3.05) is 18.4 Å². The fourth-order valence-corrected chi connectivity index (χ4v) is 2.37. The molecule has 0 saturated carbocycles. The molecule has 1 aliphatic rings. The number of benzene rings is 1. The van der Waals surface area contributed by atoms with Gasteiger partial charge in [0.15, 0.2) is 0 Å². The molecule has 1 amide bonds. The van der Waals surface area contributed by atoms with E-state index in [4.69, 9.17) is 0 Å². The Labute approximate surface area is 121 Å². The first-order valence-electron chi connectivity index (χ1n) is 5.92. The molecular weight excluding hydrogens is 341 g/mol. The molecule has 2 N–H and O–H groups in total. The standard InChI is InChI=1S/C12H12BrF3N2O2/c13-9-5-8(1-2-10(9)20-12(14,15)16)18-11(19)7-3-4-17-6-7/h1-2,5,7,17H,3-4,6H2,(H,18,19). The number of halogens is 4. The van der Waals surface area contributed by atoms with E-state index < -0.39 is 6.36 Å². The zero-order chi connectivity index (χ0) is 14.8. The van der Waals surface area contributed by atoms with Crippen LogP contribution < -0.4 is 15.4 Å². The summed E-state index contributed by atoms with van der Waals surface area (Å²) in [6.07, 6.45) is -3.99. The molecule has 0 spiro atoms. The first-order valence-corrected chi connectivity index (χ1v) is 6.71. The molecule has 1 unspecified atom stereocenters. The van der Waals surface area contributed by atoms with E-state index in [2.05, 4.69) is 31.3 Å². The van der Waals surface area contributed by atoms with E-state index >= 15 is 0 Å². The van der Waals surface area contributed by atoms with E-state index in [0.717, 1.165) is 19.0 Å². The summed E-state index contributed by atoms with van der Waals surface area (Å²) < 4.78 is 40.3. The summed E-state index contributed by atoms with van der Waals surface area (Å²) in [6.45, 7) is 1.41. The highest BCUT2D eigenvalue weighted by Crippen LogP contribution is 2.32. The average molecular weight is 353 g/mol. The Bertz CT molecular complexity index is 502. The molecule has 110 valence electrons. The molecule has 0 bridgehead atoms. The number of ether oxygens (including phenoxy) is 1. The highest BCUT2D eigenvalue weighted by molar-refractivity contribution is 9.10. The quantitative estimate of drug-likeness (QED) is 0.879. The van der Waals surface area contributed by atoms with Crippen molar-refractivity contribution in [2.24, 2.45) is 5.92 Å². The van der Waals surface area contributed by atoms with Gasteiger partial charge in [0, 0.05) is 12.2 Å². The number of hydrogen-bond acceptors (Lipinski definition) is 3. The van der Waals surface area contributed by atoms with Gasteiger partial charge in [-0.2, -0.15) is 0 Å². The van der Waals surface area contributed by atoms with Crippen molar-refractivity contribution in [3.05, 3.63) is 22.7 Å². The van der Waals surface area contributed by atoms with E-state index in [-0.39, 0.29) is 22.0 Å². The highest BCUT2D eigenvalue weighted by Gasteiger charge is 2.32. The number of alkyl halides is 3. The van der Waals surface area contributed by atoms with Crippen molar-refractivity contribution < 1.29 is 22.7 Å². The van der Waals surface area contributed by atoms with Crippen molar-refractivity contribution in [1.82, 2.24) is 5.32 Å². The van der Waals surface area contributed by atoms with Crippen LogP contribution in [0.3, 0.4) is 0 Å². The SMILES string of the molecule is O=C(Nc1ccc(OC(F)(F)F)c(Br)c1)C1CCNC1. The molecule has 2 rings (SSSR count). The number of hydrogen-bond donors (Lipinski definition) is 2. The van der Waals surface area contributed by atoms with E-state index in [1.807, 2.05) is 0 Å². The monoisotopic (exact) mass is 352 g/mol. The Morgan fingerprint density at radius 1 is 1.45 bits per heavy atom. The van der Waals surface area contributed by atoms with Crippen LogP contribution in [0.25, 0.3) is 0 Å². The second kappa shape index (κ2) is 6.01. The lowest BCUT2D eigenvalue weighted by Crippen LogP contribution is -2.24. The predicted molar refractivity (Wildman–Crippen MR) is 70.4 cm³/mol. The van der Waals surface area contributed by atoms with Crippen LogP contribution >= 0.6 is 15.9 Å². The van der Waals surface area contributed by atoms with E-state index in [0.29, 0.717) is 12.2 Å². The van der Waals surface area contributed by atoms with Crippen LogP contribution in [-0.4, -0.2) is 25.4 Å². The molecule has 1 heterocycles. The van der Waals surface area contributed by atoms with Crippen LogP contribution in [0, 0.1) is 5.92 Å². The Morgan fingerprint density at radius 2 is 2.20 bits per heavy atom. The molecule has 1 saturated heterocycles. The second-order valence-corrected chi connectivity index (χ2v) is 5.23. The molecule has 1 atom stereocenters. The summed E-state index contributed by atoms with van der Waals surface area (Å²) in [5.41, 5.74) is 0.420. The van der Waals surface area contributed by atoms with Gasteiger partial charge in [0.1, 0.15) is 5.75 Å². The number of rotatable bonds is 3. The maximum absolute atomic E-state index is 12.1. The summed E-state index contributed by atoms with van der Waals surface area (Å²) in [5.74, 6) is -0.607. The molecule has 4 nitrogen and oxygen atoms in total. The van der Waals surface area contributed by atoms with Crippen molar-refractivity contribution in [3.63, 3.8) is 0 Å². The summed E-state index contributed by atoms with van der Waals surface area (Å²) in [6, 6.07) is 3.90. The molecule has 1 aromatic rings. The Kier molecular flexibility index (Phi) is 4.54. The molecule has 0 aliphatic carbocycles. The number of carbonyl (C=O) groups excluding carboxylic acids is 1. The van der Waals surface area contributed by atoms with Crippen LogP contribution in [0.2, 0.25) is 0 Å². The van der Waals surface area contributed by atoms with Crippen molar-refractivity contribution in [3.8, 4) is 5.75 Å². The molecule has 1 aromatic carbocycles. The van der Waals surface area contributed by atoms with Gasteiger partial charge in [0.05, 0.1) is 10.4 Å². The van der Waals surface area contributed by atoms with E-state index in [9.17, 15) is 18.0 Å². The van der Waals surface area contributed by atoms with Crippen molar-refractivity contribution >= 4 is 27.5 Å². The van der Waals surface area contributed by atoms with Crippen LogP contribution in [0.5, 0.6) is 5.75 Å². The normalized spacial score (nSPS) is 18.9. The van der Waals surface area contributed by atoms with Gasteiger partial charge < -0.3 is 15.4 Å². The van der Waals surface area contributed by atoms with E-state index in [1.165, 1.54) is 12.1 Å². The minimum Gasteiger partial charge on any atom is -0.405 e. The van der Waals surface area contributed by atoms with Gasteiger partial charge in [-0.25, -0.2) is 0 Å². The molecule has 8 heteroatoms. The topological polar surface area (TPSA) is 50.4 Å². The third-order valence-electron chi connectivity index (χ3n) is 2.86. The zero-order valence-electron chi connectivity index (χ0n) is 10.3. The van der Waals surface area contributed by atoms with Gasteiger partial charge in [-0.15, -0.1) is 13.2 Å².